The Morgan fingerprint density at radius 2 is 1.74 bits per heavy atom. The van der Waals surface area contributed by atoms with Crippen LogP contribution in [-0.2, 0) is 4.79 Å². The highest BCUT2D eigenvalue weighted by atomic mass is 16.5. The quantitative estimate of drug-likeness (QED) is 0.447. The maximum absolute atomic E-state index is 11.3. The Kier molecular flexibility index (Phi) is 6.24. The molecule has 120 valence electrons. The van der Waals surface area contributed by atoms with E-state index in [1.54, 1.807) is 36.4 Å². The summed E-state index contributed by atoms with van der Waals surface area (Å²) in [7, 11) is 0. The summed E-state index contributed by atoms with van der Waals surface area (Å²) in [4.78, 5) is 11.3. The maximum atomic E-state index is 11.3. The van der Waals surface area contributed by atoms with E-state index in [2.05, 4.69) is 6.92 Å². The third-order valence-electron chi connectivity index (χ3n) is 3.13. The van der Waals surface area contributed by atoms with E-state index in [9.17, 15) is 9.90 Å². The number of benzene rings is 2. The van der Waals surface area contributed by atoms with Gasteiger partial charge in [-0.15, -0.1) is 0 Å². The molecule has 0 radical (unpaired) electrons. The van der Waals surface area contributed by atoms with E-state index in [-0.39, 0.29) is 5.76 Å². The summed E-state index contributed by atoms with van der Waals surface area (Å²) in [5.74, 6) is 0.0186. The number of hydrogen-bond acceptors (Lipinski definition) is 3. The van der Waals surface area contributed by atoms with Gasteiger partial charge in [0.15, 0.2) is 0 Å². The van der Waals surface area contributed by atoms with Crippen molar-refractivity contribution in [1.82, 2.24) is 0 Å². The monoisotopic (exact) mass is 312 g/mol. The molecule has 0 spiro atoms. The first-order valence-corrected chi connectivity index (χ1v) is 7.60. The summed E-state index contributed by atoms with van der Waals surface area (Å²) >= 11 is 0. The third-order valence-corrected chi connectivity index (χ3v) is 3.13. The van der Waals surface area contributed by atoms with Crippen LogP contribution in [0.4, 0.5) is 0 Å². The van der Waals surface area contributed by atoms with Gasteiger partial charge in [0.25, 0.3) is 0 Å². The van der Waals surface area contributed by atoms with Gasteiger partial charge in [-0.1, -0.05) is 43.7 Å². The van der Waals surface area contributed by atoms with Gasteiger partial charge in [0, 0.05) is 0 Å². The molecule has 0 heterocycles. The van der Waals surface area contributed by atoms with Gasteiger partial charge in [0.05, 0.1) is 6.61 Å². The predicted octanol–water partition coefficient (Wildman–Crippen LogP) is 4.37. The van der Waals surface area contributed by atoms with Crippen LogP contribution in [0.1, 0.15) is 25.3 Å². The Bertz CT molecular complexity index is 645. The number of carbonyl (C=O) groups is 1. The SMILES string of the molecule is CCCCOc1ccc(C=C(Oc2ccccc2)C(=O)O)cc1. The Morgan fingerprint density at radius 1 is 1.04 bits per heavy atom. The molecule has 0 aromatic heterocycles. The topological polar surface area (TPSA) is 55.8 Å². The number of aliphatic carboxylic acids is 1. The molecule has 0 fully saturated rings. The minimum absolute atomic E-state index is 0.129. The van der Waals surface area contributed by atoms with Gasteiger partial charge in [0.1, 0.15) is 11.5 Å². The van der Waals surface area contributed by atoms with Crippen molar-refractivity contribution in [2.24, 2.45) is 0 Å². The first-order chi connectivity index (χ1) is 11.2. The van der Waals surface area contributed by atoms with Crippen molar-refractivity contribution in [1.29, 1.82) is 0 Å². The first kappa shape index (κ1) is 16.6. The van der Waals surface area contributed by atoms with Crippen LogP contribution in [0.5, 0.6) is 11.5 Å². The second-order valence-electron chi connectivity index (χ2n) is 5.00. The molecule has 0 aliphatic carbocycles. The Balaban J connectivity index is 2.08. The van der Waals surface area contributed by atoms with Crippen LogP contribution < -0.4 is 9.47 Å². The zero-order valence-electron chi connectivity index (χ0n) is 13.1. The van der Waals surface area contributed by atoms with Crippen LogP contribution in [0.2, 0.25) is 0 Å². The van der Waals surface area contributed by atoms with Gasteiger partial charge in [-0.2, -0.15) is 0 Å². The van der Waals surface area contributed by atoms with E-state index in [0.717, 1.165) is 24.2 Å². The summed E-state index contributed by atoms with van der Waals surface area (Å²) in [6.45, 7) is 2.79. The molecule has 4 nitrogen and oxygen atoms in total. The number of carboxylic acid groups (broad SMARTS) is 1. The number of hydrogen-bond donors (Lipinski definition) is 1. The average molecular weight is 312 g/mol. The third kappa shape index (κ3) is 5.51. The average Bonchev–Trinajstić information content (AvgIpc) is 2.57. The fourth-order valence-corrected chi connectivity index (χ4v) is 1.90. The van der Waals surface area contributed by atoms with Crippen LogP contribution in [0.15, 0.2) is 60.4 Å². The van der Waals surface area contributed by atoms with Crippen LogP contribution in [0.3, 0.4) is 0 Å². The highest BCUT2D eigenvalue weighted by molar-refractivity contribution is 5.90. The summed E-state index contributed by atoms with van der Waals surface area (Å²) in [6, 6.07) is 16.1. The molecular weight excluding hydrogens is 292 g/mol. The lowest BCUT2D eigenvalue weighted by Gasteiger charge is -2.07. The van der Waals surface area contributed by atoms with Gasteiger partial charge < -0.3 is 14.6 Å². The fourth-order valence-electron chi connectivity index (χ4n) is 1.90. The molecule has 2 aromatic carbocycles. The van der Waals surface area contributed by atoms with Gasteiger partial charge in [-0.05, 0) is 42.3 Å². The number of ether oxygens (including phenoxy) is 2. The van der Waals surface area contributed by atoms with Gasteiger partial charge >= 0.3 is 5.97 Å². The molecule has 0 bridgehead atoms. The summed E-state index contributed by atoms with van der Waals surface area (Å²) in [6.07, 6.45) is 3.58. The number of carboxylic acids is 1. The largest absolute Gasteiger partial charge is 0.494 e. The Labute approximate surface area is 136 Å². The van der Waals surface area contributed by atoms with Gasteiger partial charge in [-0.3, -0.25) is 0 Å². The van der Waals surface area contributed by atoms with Crippen LogP contribution in [-0.4, -0.2) is 17.7 Å². The molecule has 1 N–H and O–H groups in total. The molecule has 0 atom stereocenters. The molecular formula is C19H20O4. The molecule has 2 aromatic rings. The van der Waals surface area contributed by atoms with Crippen molar-refractivity contribution < 1.29 is 19.4 Å². The van der Waals surface area contributed by atoms with E-state index < -0.39 is 5.97 Å². The van der Waals surface area contributed by atoms with E-state index in [1.807, 2.05) is 18.2 Å². The van der Waals surface area contributed by atoms with E-state index in [4.69, 9.17) is 9.47 Å². The molecule has 4 heteroatoms. The van der Waals surface area contributed by atoms with Crippen molar-refractivity contribution in [3.8, 4) is 11.5 Å². The highest BCUT2D eigenvalue weighted by Crippen LogP contribution is 2.18. The van der Waals surface area contributed by atoms with Crippen LogP contribution in [0, 0.1) is 0 Å². The zero-order chi connectivity index (χ0) is 16.5. The van der Waals surface area contributed by atoms with E-state index in [0.29, 0.717) is 12.4 Å². The molecule has 0 aliphatic rings. The molecule has 0 saturated carbocycles. The van der Waals surface area contributed by atoms with Crippen molar-refractivity contribution in [2.45, 2.75) is 19.8 Å². The van der Waals surface area contributed by atoms with Crippen molar-refractivity contribution in [3.05, 3.63) is 65.9 Å². The molecule has 0 saturated heterocycles. The lowest BCUT2D eigenvalue weighted by Crippen LogP contribution is -2.07. The summed E-state index contributed by atoms with van der Waals surface area (Å²) < 4.78 is 11.0. The zero-order valence-corrected chi connectivity index (χ0v) is 13.1. The summed E-state index contributed by atoms with van der Waals surface area (Å²) in [5.41, 5.74) is 0.737. The lowest BCUT2D eigenvalue weighted by molar-refractivity contribution is -0.134. The molecule has 0 unspecified atom stereocenters. The fraction of sp³-hybridized carbons (Fsp3) is 0.211. The van der Waals surface area contributed by atoms with Crippen LogP contribution in [0.25, 0.3) is 6.08 Å². The Hall–Kier alpha value is -2.75. The number of rotatable bonds is 8. The lowest BCUT2D eigenvalue weighted by atomic mass is 10.2. The standard InChI is InChI=1S/C19H20O4/c1-2-3-13-22-16-11-9-15(10-12-16)14-18(19(20)21)23-17-7-5-4-6-8-17/h4-12,14H,2-3,13H2,1H3,(H,20,21). The van der Waals surface area contributed by atoms with E-state index >= 15 is 0 Å². The molecule has 0 amide bonds. The van der Waals surface area contributed by atoms with Gasteiger partial charge in [-0.25, -0.2) is 4.79 Å². The normalized spacial score (nSPS) is 11.1. The van der Waals surface area contributed by atoms with Crippen molar-refractivity contribution in [3.63, 3.8) is 0 Å². The minimum Gasteiger partial charge on any atom is -0.494 e. The molecule has 2 rings (SSSR count). The first-order valence-electron chi connectivity index (χ1n) is 7.60. The predicted molar refractivity (Wildman–Crippen MR) is 89.5 cm³/mol. The minimum atomic E-state index is -1.11. The maximum Gasteiger partial charge on any atom is 0.371 e. The van der Waals surface area contributed by atoms with Gasteiger partial charge in [0.2, 0.25) is 5.76 Å². The smallest absolute Gasteiger partial charge is 0.371 e. The number of unbranched alkanes of at least 4 members (excludes halogenated alkanes) is 1. The molecule has 0 aliphatic heterocycles. The van der Waals surface area contributed by atoms with E-state index in [1.165, 1.54) is 6.08 Å². The second-order valence-corrected chi connectivity index (χ2v) is 5.00. The van der Waals surface area contributed by atoms with Crippen molar-refractivity contribution >= 4 is 12.0 Å². The summed E-state index contributed by atoms with van der Waals surface area (Å²) in [5, 5.41) is 9.28. The molecule has 23 heavy (non-hydrogen) atoms. The van der Waals surface area contributed by atoms with Crippen LogP contribution >= 0.6 is 0 Å². The highest BCUT2D eigenvalue weighted by Gasteiger charge is 2.10. The van der Waals surface area contributed by atoms with Crippen molar-refractivity contribution in [2.75, 3.05) is 6.61 Å². The number of para-hydroxylation sites is 1. The second kappa shape index (κ2) is 8.63. The Morgan fingerprint density at radius 3 is 2.35 bits per heavy atom.